The van der Waals surface area contributed by atoms with E-state index in [0.717, 1.165) is 11.5 Å². The zero-order valence-electron chi connectivity index (χ0n) is 20.8. The fourth-order valence-electron chi connectivity index (χ4n) is 4.34. The lowest BCUT2D eigenvalue weighted by atomic mass is 9.92. The van der Waals surface area contributed by atoms with Gasteiger partial charge in [-0.3, -0.25) is 14.2 Å². The van der Waals surface area contributed by atoms with Crippen molar-refractivity contribution in [3.8, 4) is 16.6 Å². The van der Waals surface area contributed by atoms with Crippen LogP contribution in [0.5, 0.6) is 0 Å². The number of Topliss-reactive ketones (excluding diaryl/α,β-unsaturated/α-hetero) is 1. The number of carboxylic acids is 1. The second kappa shape index (κ2) is 10.7. The number of pyridine rings is 2. The van der Waals surface area contributed by atoms with Crippen LogP contribution >= 0.6 is 11.5 Å². The third kappa shape index (κ3) is 4.89. The van der Waals surface area contributed by atoms with Crippen LogP contribution in [0.25, 0.3) is 27.7 Å². The molecule has 5 heterocycles. The average Bonchev–Trinajstić information content (AvgIpc) is 3.36. The van der Waals surface area contributed by atoms with Crippen LogP contribution in [0, 0.1) is 12.8 Å². The van der Waals surface area contributed by atoms with Gasteiger partial charge >= 0.3 is 5.97 Å². The lowest BCUT2D eigenvalue weighted by Gasteiger charge is -2.39. The molecule has 1 aliphatic rings. The molecule has 0 unspecified atom stereocenters. The highest BCUT2D eigenvalue weighted by Gasteiger charge is 2.33. The van der Waals surface area contributed by atoms with Crippen LogP contribution in [0.15, 0.2) is 35.6 Å². The zero-order chi connectivity index (χ0) is 26.8. The molecule has 196 valence electrons. The Bertz CT molecular complexity index is 1560. The minimum atomic E-state index is -1.34. The topological polar surface area (TPSA) is 153 Å². The lowest BCUT2D eigenvalue weighted by molar-refractivity contribution is -0.123. The highest BCUT2D eigenvalue weighted by Crippen LogP contribution is 2.29. The third-order valence-corrected chi connectivity index (χ3v) is 7.10. The van der Waals surface area contributed by atoms with E-state index in [2.05, 4.69) is 19.3 Å². The summed E-state index contributed by atoms with van der Waals surface area (Å²) in [5, 5.41) is 10.2. The quantitative estimate of drug-likeness (QED) is 0.298. The van der Waals surface area contributed by atoms with E-state index in [1.54, 1.807) is 25.3 Å². The van der Waals surface area contributed by atoms with Crippen molar-refractivity contribution >= 4 is 40.1 Å². The predicted octanol–water partition coefficient (Wildman–Crippen LogP) is 2.52. The number of carbonyl (C=O) groups excluding carboxylic acids is 1. The predicted molar refractivity (Wildman–Crippen MR) is 140 cm³/mol. The van der Waals surface area contributed by atoms with Gasteiger partial charge in [-0.1, -0.05) is 0 Å². The van der Waals surface area contributed by atoms with E-state index in [-0.39, 0.29) is 22.7 Å². The smallest absolute Gasteiger partial charge is 0.341 e. The van der Waals surface area contributed by atoms with E-state index in [9.17, 15) is 19.5 Å². The maximum absolute atomic E-state index is 13.1. The molecule has 38 heavy (non-hydrogen) atoms. The Morgan fingerprint density at radius 2 is 2.08 bits per heavy atom. The maximum atomic E-state index is 13.1. The van der Waals surface area contributed by atoms with Crippen molar-refractivity contribution in [1.82, 2.24) is 28.9 Å². The molecular formula is C25H25N7O5S. The van der Waals surface area contributed by atoms with Gasteiger partial charge in [0.15, 0.2) is 11.5 Å². The molecule has 1 N–H and O–H groups in total. The van der Waals surface area contributed by atoms with Crippen LogP contribution in [0.1, 0.15) is 35.7 Å². The number of carboxylic acid groups (broad SMARTS) is 1. The fourth-order valence-corrected chi connectivity index (χ4v) is 5.00. The summed E-state index contributed by atoms with van der Waals surface area (Å²) in [4.78, 5) is 56.8. The van der Waals surface area contributed by atoms with E-state index in [4.69, 9.17) is 9.72 Å². The standard InChI is InChI=1S/C25H25N7O5S/c1-3-37-8-4-5-18(33)15-10-31(11-15)19-9-14(2)20-21(34)16(24(35)36)12-32(23(20)28-19)25-29-22(30-38-25)17-6-7-26-13-27-17/h6-7,9,12-13,15H,3-5,8,10-11H2,1-2H3,(H,35,36). The molecule has 0 radical (unpaired) electrons. The van der Waals surface area contributed by atoms with Gasteiger partial charge in [0.25, 0.3) is 0 Å². The SMILES string of the molecule is CCOCCCC(=O)C1CN(c2cc(C)c3c(=O)c(C(=O)O)cn(-c4nc(-c5ccncn5)ns4)c3n2)C1. The minimum Gasteiger partial charge on any atom is -0.477 e. The Kier molecular flexibility index (Phi) is 7.20. The van der Waals surface area contributed by atoms with Crippen molar-refractivity contribution in [2.45, 2.75) is 26.7 Å². The molecule has 1 saturated heterocycles. The molecule has 0 aliphatic carbocycles. The first-order chi connectivity index (χ1) is 18.4. The molecular weight excluding hydrogens is 510 g/mol. The van der Waals surface area contributed by atoms with Crippen LogP contribution in [0.4, 0.5) is 5.82 Å². The summed E-state index contributed by atoms with van der Waals surface area (Å²) < 4.78 is 11.1. The van der Waals surface area contributed by atoms with E-state index in [1.807, 2.05) is 11.8 Å². The first-order valence-electron chi connectivity index (χ1n) is 12.1. The Morgan fingerprint density at radius 1 is 1.26 bits per heavy atom. The van der Waals surface area contributed by atoms with Gasteiger partial charge in [0.2, 0.25) is 10.6 Å². The van der Waals surface area contributed by atoms with Crippen molar-refractivity contribution in [3.63, 3.8) is 0 Å². The monoisotopic (exact) mass is 535 g/mol. The Labute approximate surface area is 221 Å². The van der Waals surface area contributed by atoms with Gasteiger partial charge in [-0.25, -0.2) is 19.7 Å². The number of hydrogen-bond donors (Lipinski definition) is 1. The number of aromatic nitrogens is 6. The van der Waals surface area contributed by atoms with Gasteiger partial charge in [0.1, 0.15) is 29.2 Å². The first kappa shape index (κ1) is 25.5. The van der Waals surface area contributed by atoms with Gasteiger partial charge in [-0.2, -0.15) is 9.36 Å². The molecule has 5 rings (SSSR count). The molecule has 0 amide bonds. The Balaban J connectivity index is 1.49. The third-order valence-electron chi connectivity index (χ3n) is 6.38. The summed E-state index contributed by atoms with van der Waals surface area (Å²) in [5.74, 6) is -0.275. The van der Waals surface area contributed by atoms with E-state index >= 15 is 0 Å². The number of fused-ring (bicyclic) bond motifs is 1. The Morgan fingerprint density at radius 3 is 2.79 bits per heavy atom. The fraction of sp³-hybridized carbons (Fsp3) is 0.360. The van der Waals surface area contributed by atoms with Gasteiger partial charge in [0.05, 0.1) is 11.3 Å². The molecule has 12 nitrogen and oxygen atoms in total. The number of hydrogen-bond acceptors (Lipinski definition) is 11. The van der Waals surface area contributed by atoms with E-state index in [1.165, 1.54) is 17.1 Å². The van der Waals surface area contributed by atoms with E-state index < -0.39 is 17.0 Å². The molecule has 4 aromatic heterocycles. The van der Waals surface area contributed by atoms with Gasteiger partial charge < -0.3 is 14.7 Å². The number of aromatic carboxylic acids is 1. The summed E-state index contributed by atoms with van der Waals surface area (Å²) in [5.41, 5.74) is 0.349. The minimum absolute atomic E-state index is 0.0791. The molecule has 0 aromatic carbocycles. The largest absolute Gasteiger partial charge is 0.477 e. The van der Waals surface area contributed by atoms with Crippen LogP contribution in [0.3, 0.4) is 0 Å². The molecule has 0 saturated carbocycles. The molecule has 13 heteroatoms. The van der Waals surface area contributed by atoms with Crippen LogP contribution in [-0.4, -0.2) is 72.0 Å². The average molecular weight is 536 g/mol. The second-order valence-corrected chi connectivity index (χ2v) is 9.64. The maximum Gasteiger partial charge on any atom is 0.341 e. The van der Waals surface area contributed by atoms with Gasteiger partial charge in [0, 0.05) is 56.7 Å². The summed E-state index contributed by atoms with van der Waals surface area (Å²) in [6, 6.07) is 3.42. The van der Waals surface area contributed by atoms with Crippen LogP contribution < -0.4 is 10.3 Å². The number of aryl methyl sites for hydroxylation is 1. The van der Waals surface area contributed by atoms with E-state index in [0.29, 0.717) is 67.2 Å². The summed E-state index contributed by atoms with van der Waals surface area (Å²) in [6.07, 6.45) is 5.36. The molecule has 0 spiro atoms. The van der Waals surface area contributed by atoms with Crippen molar-refractivity contribution in [1.29, 1.82) is 0 Å². The van der Waals surface area contributed by atoms with Crippen molar-refractivity contribution in [2.24, 2.45) is 5.92 Å². The van der Waals surface area contributed by atoms with Crippen LogP contribution in [0.2, 0.25) is 0 Å². The van der Waals surface area contributed by atoms with Crippen LogP contribution in [-0.2, 0) is 9.53 Å². The zero-order valence-corrected chi connectivity index (χ0v) is 21.6. The molecule has 0 atom stereocenters. The van der Waals surface area contributed by atoms with Gasteiger partial charge in [-0.05, 0) is 38.0 Å². The molecule has 4 aromatic rings. The molecule has 1 fully saturated rings. The second-order valence-electron chi connectivity index (χ2n) is 8.91. The number of ether oxygens (including phenoxy) is 1. The van der Waals surface area contributed by atoms with Crippen molar-refractivity contribution < 1.29 is 19.4 Å². The first-order valence-corrected chi connectivity index (χ1v) is 12.9. The van der Waals surface area contributed by atoms with Crippen molar-refractivity contribution in [2.75, 3.05) is 31.2 Å². The Hall–Kier alpha value is -4.10. The molecule has 1 aliphatic heterocycles. The lowest BCUT2D eigenvalue weighted by Crippen LogP contribution is -2.51. The number of nitrogens with zero attached hydrogens (tertiary/aromatic N) is 7. The number of ketones is 1. The highest BCUT2D eigenvalue weighted by molar-refractivity contribution is 7.08. The summed E-state index contributed by atoms with van der Waals surface area (Å²) in [7, 11) is 0. The molecule has 0 bridgehead atoms. The summed E-state index contributed by atoms with van der Waals surface area (Å²) in [6.45, 7) is 5.93. The number of rotatable bonds is 10. The van der Waals surface area contributed by atoms with Gasteiger partial charge in [-0.15, -0.1) is 0 Å². The van der Waals surface area contributed by atoms with Crippen molar-refractivity contribution in [3.05, 3.63) is 52.2 Å². The summed E-state index contributed by atoms with van der Waals surface area (Å²) >= 11 is 1.03. The number of carbonyl (C=O) groups is 2. The normalized spacial score (nSPS) is 13.6. The number of anilines is 1. The highest BCUT2D eigenvalue weighted by atomic mass is 32.1.